The Kier molecular flexibility index (Phi) is 30.6. The first-order valence-corrected chi connectivity index (χ1v) is 21.5. The summed E-state index contributed by atoms with van der Waals surface area (Å²) in [5, 5.41) is 0. The molecule has 2 atom stereocenters. The van der Waals surface area contributed by atoms with E-state index in [0.29, 0.717) is 0 Å². The van der Waals surface area contributed by atoms with Gasteiger partial charge in [-0.25, -0.2) is 0 Å². The molecule has 0 aromatic carbocycles. The van der Waals surface area contributed by atoms with Gasteiger partial charge in [-0.15, -0.1) is 0 Å². The van der Waals surface area contributed by atoms with Gasteiger partial charge in [0.2, 0.25) is 0 Å². The van der Waals surface area contributed by atoms with Crippen molar-refractivity contribution in [2.24, 2.45) is 5.92 Å². The second-order valence-electron chi connectivity index (χ2n) is 15.8. The third kappa shape index (κ3) is 28.2. The highest BCUT2D eigenvalue weighted by Gasteiger charge is 2.40. The van der Waals surface area contributed by atoms with Gasteiger partial charge in [-0.1, -0.05) is 153 Å². The van der Waals surface area contributed by atoms with Gasteiger partial charge in [0.25, 0.3) is 0 Å². The molecule has 1 fully saturated rings. The van der Waals surface area contributed by atoms with Crippen molar-refractivity contribution in [3.8, 4) is 0 Å². The molecule has 0 bridgehead atoms. The van der Waals surface area contributed by atoms with Crippen LogP contribution in [0.1, 0.15) is 201 Å². The summed E-state index contributed by atoms with van der Waals surface area (Å²) < 4.78 is 13.1. The Bertz CT molecular complexity index is 840. The minimum absolute atomic E-state index is 0.213. The molecule has 49 heavy (non-hydrogen) atoms. The fourth-order valence-electron chi connectivity index (χ4n) is 7.07. The number of allylic oxidation sites excluding steroid dienone is 8. The van der Waals surface area contributed by atoms with Crippen LogP contribution in [0.2, 0.25) is 0 Å². The van der Waals surface area contributed by atoms with Crippen LogP contribution < -0.4 is 0 Å². The summed E-state index contributed by atoms with van der Waals surface area (Å²) >= 11 is 0. The van der Waals surface area contributed by atoms with Gasteiger partial charge in [0.15, 0.2) is 5.79 Å². The Morgan fingerprint density at radius 2 is 1.12 bits per heavy atom. The van der Waals surface area contributed by atoms with Gasteiger partial charge < -0.3 is 14.4 Å². The summed E-state index contributed by atoms with van der Waals surface area (Å²) in [5.41, 5.74) is 1.65. The number of hydrogen-bond acceptors (Lipinski definition) is 3. The van der Waals surface area contributed by atoms with Crippen molar-refractivity contribution in [1.29, 1.82) is 0 Å². The maximum atomic E-state index is 6.66. The van der Waals surface area contributed by atoms with E-state index in [1.165, 1.54) is 148 Å². The van der Waals surface area contributed by atoms with E-state index in [1.807, 2.05) is 0 Å². The average molecular weight is 684 g/mol. The lowest BCUT2D eigenvalue weighted by Crippen LogP contribution is -2.33. The lowest BCUT2D eigenvalue weighted by atomic mass is 9.97. The first-order valence-electron chi connectivity index (χ1n) is 21.5. The number of likely N-dealkylation sites (N-methyl/N-ethyl adjacent to an activating group) is 1. The molecule has 0 amide bonds. The van der Waals surface area contributed by atoms with Crippen molar-refractivity contribution in [3.63, 3.8) is 0 Å². The topological polar surface area (TPSA) is 21.7 Å². The summed E-state index contributed by atoms with van der Waals surface area (Å²) in [6.07, 6.45) is 51.4. The third-order valence-electron chi connectivity index (χ3n) is 9.88. The zero-order valence-electron chi connectivity index (χ0n) is 34.0. The summed E-state index contributed by atoms with van der Waals surface area (Å²) in [7, 11) is 4.28. The van der Waals surface area contributed by atoms with E-state index in [-0.39, 0.29) is 11.9 Å². The summed E-state index contributed by atoms with van der Waals surface area (Å²) in [5.74, 6) is 0.409. The van der Waals surface area contributed by atoms with Crippen molar-refractivity contribution in [3.05, 3.63) is 48.1 Å². The van der Waals surface area contributed by atoms with Crippen LogP contribution in [0.25, 0.3) is 0 Å². The summed E-state index contributed by atoms with van der Waals surface area (Å²) in [4.78, 5) is 2.23. The van der Waals surface area contributed by atoms with Crippen LogP contribution in [-0.2, 0) is 9.47 Å². The molecule has 0 spiro atoms. The van der Waals surface area contributed by atoms with Crippen LogP contribution in [0.5, 0.6) is 0 Å². The molecule has 3 nitrogen and oxygen atoms in total. The third-order valence-corrected chi connectivity index (χ3v) is 9.88. The molecule has 0 aromatic rings. The minimum Gasteiger partial charge on any atom is -0.347 e. The van der Waals surface area contributed by atoms with E-state index < -0.39 is 0 Å². The van der Waals surface area contributed by atoms with Crippen LogP contribution >= 0.6 is 0 Å². The monoisotopic (exact) mass is 684 g/mol. The van der Waals surface area contributed by atoms with Crippen LogP contribution in [0, 0.1) is 5.92 Å². The largest absolute Gasteiger partial charge is 0.347 e. The number of nitrogens with zero attached hydrogens (tertiary/aromatic N) is 1. The van der Waals surface area contributed by atoms with Crippen molar-refractivity contribution >= 4 is 0 Å². The van der Waals surface area contributed by atoms with Crippen LogP contribution in [0.4, 0.5) is 0 Å². The van der Waals surface area contributed by atoms with E-state index in [1.54, 1.807) is 5.57 Å². The fraction of sp³-hybridized carbons (Fsp3) is 0.826. The van der Waals surface area contributed by atoms with E-state index in [4.69, 9.17) is 9.47 Å². The molecule has 2 unspecified atom stereocenters. The number of hydrogen-bond donors (Lipinski definition) is 0. The van der Waals surface area contributed by atoms with Gasteiger partial charge in [-0.2, -0.15) is 0 Å². The van der Waals surface area contributed by atoms with Gasteiger partial charge in [0.05, 0.1) is 12.7 Å². The molecule has 0 saturated carbocycles. The Hall–Kier alpha value is -1.16. The molecule has 1 saturated heterocycles. The van der Waals surface area contributed by atoms with Gasteiger partial charge in [-0.3, -0.25) is 0 Å². The van der Waals surface area contributed by atoms with Crippen LogP contribution in [-0.4, -0.2) is 44.0 Å². The van der Waals surface area contributed by atoms with Crippen molar-refractivity contribution in [1.82, 2.24) is 4.90 Å². The van der Waals surface area contributed by atoms with E-state index in [2.05, 4.69) is 89.2 Å². The highest BCUT2D eigenvalue weighted by molar-refractivity contribution is 5.08. The molecule has 1 aliphatic rings. The van der Waals surface area contributed by atoms with E-state index >= 15 is 0 Å². The maximum Gasteiger partial charge on any atom is 0.168 e. The minimum atomic E-state index is -0.335. The van der Waals surface area contributed by atoms with Crippen LogP contribution in [0.3, 0.4) is 0 Å². The first-order chi connectivity index (χ1) is 23.9. The predicted molar refractivity (Wildman–Crippen MR) is 218 cm³/mol. The Morgan fingerprint density at radius 3 is 1.65 bits per heavy atom. The summed E-state index contributed by atoms with van der Waals surface area (Å²) in [6, 6.07) is 0. The highest BCUT2D eigenvalue weighted by atomic mass is 16.7. The number of ether oxygens (including phenoxy) is 2. The van der Waals surface area contributed by atoms with Crippen molar-refractivity contribution in [2.75, 3.05) is 27.2 Å². The molecule has 286 valence electrons. The molecule has 1 heterocycles. The normalized spacial score (nSPS) is 18.9. The highest BCUT2D eigenvalue weighted by Crippen LogP contribution is 2.35. The lowest BCUT2D eigenvalue weighted by Gasteiger charge is -2.29. The molecule has 3 heteroatoms. The second-order valence-corrected chi connectivity index (χ2v) is 15.8. The molecule has 0 radical (unpaired) electrons. The quantitative estimate of drug-likeness (QED) is 0.0498. The van der Waals surface area contributed by atoms with Crippen molar-refractivity contribution < 1.29 is 9.47 Å². The van der Waals surface area contributed by atoms with Crippen LogP contribution in [0.15, 0.2) is 48.1 Å². The molecular formula is C46H85NO2. The fourth-order valence-corrected chi connectivity index (χ4v) is 7.07. The zero-order valence-corrected chi connectivity index (χ0v) is 34.0. The van der Waals surface area contributed by atoms with Gasteiger partial charge in [0, 0.05) is 19.4 Å². The molecular weight excluding hydrogens is 599 g/mol. The van der Waals surface area contributed by atoms with E-state index in [9.17, 15) is 0 Å². The standard InChI is InChI=1S/C46H85NO2/c1-7-9-11-13-15-16-17-18-19-20-21-22-23-26-30-34-38-46(48-42-45(49-46)41-47(5)6)39-35-31-27-24-25-29-33-37-44(40-43(3)4)36-32-28-14-12-10-8-2/h15-16,18-19,28,32,37,43,45H,7-14,17,20-27,29-31,33-36,38-42H2,1-6H3. The second kappa shape index (κ2) is 32.7. The lowest BCUT2D eigenvalue weighted by molar-refractivity contribution is -0.180. The molecule has 0 aliphatic carbocycles. The Morgan fingerprint density at radius 1 is 0.633 bits per heavy atom. The van der Waals surface area contributed by atoms with Crippen molar-refractivity contribution in [2.45, 2.75) is 213 Å². The SMILES string of the molecule is CCCCCC=CCC=CCCCCCCCCC1(CCCCCCCCC=C(CC=CCCCCC)CC(C)C)OCC(CN(C)C)O1. The zero-order chi connectivity index (χ0) is 35.7. The molecule has 0 aromatic heterocycles. The number of rotatable bonds is 34. The van der Waals surface area contributed by atoms with Gasteiger partial charge >= 0.3 is 0 Å². The summed E-state index contributed by atoms with van der Waals surface area (Å²) in [6.45, 7) is 11.0. The smallest absolute Gasteiger partial charge is 0.168 e. The predicted octanol–water partition coefficient (Wildman–Crippen LogP) is 14.5. The van der Waals surface area contributed by atoms with Gasteiger partial charge in [0.1, 0.15) is 0 Å². The van der Waals surface area contributed by atoms with E-state index in [0.717, 1.165) is 44.8 Å². The molecule has 1 rings (SSSR count). The number of unbranched alkanes of at least 4 members (excludes halogenated alkanes) is 18. The first kappa shape index (κ1) is 45.9. The average Bonchev–Trinajstić information content (AvgIpc) is 3.46. The Labute approximate surface area is 307 Å². The van der Waals surface area contributed by atoms with Gasteiger partial charge in [-0.05, 0) is 103 Å². The maximum absolute atomic E-state index is 6.66. The molecule has 0 N–H and O–H groups in total. The Balaban J connectivity index is 2.25. The molecule has 1 aliphatic heterocycles.